The van der Waals surface area contributed by atoms with Gasteiger partial charge in [-0.25, -0.2) is 0 Å². The summed E-state index contributed by atoms with van der Waals surface area (Å²) in [4.78, 5) is 0. The summed E-state index contributed by atoms with van der Waals surface area (Å²) in [7, 11) is 1.97. The molecule has 1 aromatic carbocycles. The first-order chi connectivity index (χ1) is 9.12. The third-order valence-corrected chi connectivity index (χ3v) is 4.47. The molecule has 0 saturated heterocycles. The molecule has 0 heterocycles. The number of hydrogen-bond donors (Lipinski definition) is 1. The highest BCUT2D eigenvalue weighted by Gasteiger charge is 2.25. The summed E-state index contributed by atoms with van der Waals surface area (Å²) in [5.41, 5.74) is 1.89. The Balaban J connectivity index is 2.81. The highest BCUT2D eigenvalue weighted by molar-refractivity contribution is 7.86. The summed E-state index contributed by atoms with van der Waals surface area (Å²) in [5.74, 6) is 0. The number of hydrogen-bond acceptors (Lipinski definition) is 2. The fraction of sp³-hybridized carbons (Fsp3) is 0.467. The monoisotopic (exact) mass is 298 g/mol. The standard InChI is InChI=1S/C15H23NO3S/c1-5-13-6-8-14(9-7-13)12-15(20(17,18)19)10-11-16(2,3)4/h5-9,15H,1,10-12H2,2-4H3/p+1. The molecule has 1 rings (SSSR count). The first-order valence-electron chi connectivity index (χ1n) is 6.60. The van der Waals surface area contributed by atoms with Gasteiger partial charge in [0, 0.05) is 6.42 Å². The van der Waals surface area contributed by atoms with Crippen molar-refractivity contribution >= 4 is 16.2 Å². The van der Waals surface area contributed by atoms with Gasteiger partial charge in [-0.15, -0.1) is 0 Å². The van der Waals surface area contributed by atoms with Gasteiger partial charge in [0.1, 0.15) is 0 Å². The van der Waals surface area contributed by atoms with Crippen LogP contribution in [0.4, 0.5) is 0 Å². The number of benzene rings is 1. The van der Waals surface area contributed by atoms with Gasteiger partial charge in [0.25, 0.3) is 10.1 Å². The minimum atomic E-state index is -4.03. The molecular formula is C15H24NO3S+. The topological polar surface area (TPSA) is 54.4 Å². The summed E-state index contributed by atoms with van der Waals surface area (Å²) >= 11 is 0. The minimum absolute atomic E-state index is 0.330. The minimum Gasteiger partial charge on any atom is -0.331 e. The molecule has 0 saturated carbocycles. The molecule has 0 aliphatic carbocycles. The summed E-state index contributed by atoms with van der Waals surface area (Å²) in [6.07, 6.45) is 2.50. The van der Waals surface area contributed by atoms with E-state index in [1.807, 2.05) is 45.4 Å². The number of quaternary nitrogens is 1. The molecule has 0 bridgehead atoms. The highest BCUT2D eigenvalue weighted by atomic mass is 32.2. The van der Waals surface area contributed by atoms with E-state index in [2.05, 4.69) is 6.58 Å². The zero-order valence-corrected chi connectivity index (χ0v) is 13.2. The Bertz CT molecular complexity index is 541. The van der Waals surface area contributed by atoms with Crippen LogP contribution in [0.5, 0.6) is 0 Å². The molecule has 4 nitrogen and oxygen atoms in total. The van der Waals surface area contributed by atoms with Crippen LogP contribution in [0.1, 0.15) is 17.5 Å². The Kier molecular flexibility index (Phi) is 5.50. The molecule has 1 atom stereocenters. The van der Waals surface area contributed by atoms with Gasteiger partial charge in [-0.05, 0) is 17.5 Å². The maximum atomic E-state index is 11.5. The van der Waals surface area contributed by atoms with Crippen molar-refractivity contribution < 1.29 is 17.5 Å². The van der Waals surface area contributed by atoms with Crippen LogP contribution >= 0.6 is 0 Å². The van der Waals surface area contributed by atoms with E-state index in [1.165, 1.54) is 0 Å². The first kappa shape index (κ1) is 16.9. The average molecular weight is 298 g/mol. The molecule has 0 radical (unpaired) electrons. The van der Waals surface area contributed by atoms with Crippen LogP contribution in [0.2, 0.25) is 0 Å². The zero-order chi connectivity index (χ0) is 15.4. The molecule has 0 fully saturated rings. The zero-order valence-electron chi connectivity index (χ0n) is 12.4. The van der Waals surface area contributed by atoms with Gasteiger partial charge < -0.3 is 4.48 Å². The molecule has 0 aromatic heterocycles. The van der Waals surface area contributed by atoms with E-state index in [9.17, 15) is 13.0 Å². The first-order valence-corrected chi connectivity index (χ1v) is 8.10. The van der Waals surface area contributed by atoms with Crippen LogP contribution in [0, 0.1) is 0 Å². The molecule has 0 spiro atoms. The van der Waals surface area contributed by atoms with Crippen LogP contribution in [0.15, 0.2) is 30.8 Å². The van der Waals surface area contributed by atoms with Crippen LogP contribution in [0.25, 0.3) is 6.08 Å². The second kappa shape index (κ2) is 6.52. The van der Waals surface area contributed by atoms with Gasteiger partial charge >= 0.3 is 0 Å². The van der Waals surface area contributed by atoms with Gasteiger partial charge in [0.15, 0.2) is 0 Å². The van der Waals surface area contributed by atoms with Crippen molar-refractivity contribution in [1.29, 1.82) is 0 Å². The maximum Gasteiger partial charge on any atom is 0.268 e. The van der Waals surface area contributed by atoms with E-state index in [1.54, 1.807) is 6.08 Å². The third kappa shape index (κ3) is 5.86. The lowest BCUT2D eigenvalue weighted by Crippen LogP contribution is -2.38. The van der Waals surface area contributed by atoms with Gasteiger partial charge in [0.05, 0.1) is 32.9 Å². The van der Waals surface area contributed by atoms with Gasteiger partial charge in [-0.2, -0.15) is 8.42 Å². The normalized spacial score (nSPS) is 14.0. The Labute approximate surface area is 122 Å². The van der Waals surface area contributed by atoms with E-state index < -0.39 is 15.4 Å². The van der Waals surface area contributed by atoms with Crippen molar-refractivity contribution in [2.75, 3.05) is 27.7 Å². The molecule has 5 heteroatoms. The second-order valence-electron chi connectivity index (χ2n) is 6.09. The largest absolute Gasteiger partial charge is 0.331 e. The summed E-state index contributed by atoms with van der Waals surface area (Å²) in [5, 5.41) is -0.755. The summed E-state index contributed by atoms with van der Waals surface area (Å²) in [6.45, 7) is 4.37. The van der Waals surface area contributed by atoms with E-state index >= 15 is 0 Å². The lowest BCUT2D eigenvalue weighted by Gasteiger charge is -2.25. The van der Waals surface area contributed by atoms with Crippen LogP contribution in [-0.4, -0.2) is 50.4 Å². The van der Waals surface area contributed by atoms with Crippen molar-refractivity contribution in [3.63, 3.8) is 0 Å². The molecule has 20 heavy (non-hydrogen) atoms. The van der Waals surface area contributed by atoms with Crippen LogP contribution < -0.4 is 0 Å². The van der Waals surface area contributed by atoms with E-state index in [4.69, 9.17) is 0 Å². The third-order valence-electron chi connectivity index (χ3n) is 3.22. The molecule has 112 valence electrons. The molecule has 1 N–H and O–H groups in total. The predicted octanol–water partition coefficient (Wildman–Crippen LogP) is 2.22. The lowest BCUT2D eigenvalue weighted by atomic mass is 10.1. The van der Waals surface area contributed by atoms with Gasteiger partial charge in [-0.1, -0.05) is 36.9 Å². The number of nitrogens with zero attached hydrogens (tertiary/aromatic N) is 1. The highest BCUT2D eigenvalue weighted by Crippen LogP contribution is 2.15. The quantitative estimate of drug-likeness (QED) is 0.620. The summed E-state index contributed by atoms with van der Waals surface area (Å²) < 4.78 is 33.1. The molecule has 1 aromatic rings. The van der Waals surface area contributed by atoms with Crippen LogP contribution in [-0.2, 0) is 16.5 Å². The van der Waals surface area contributed by atoms with Crippen molar-refractivity contribution in [3.05, 3.63) is 42.0 Å². The maximum absolute atomic E-state index is 11.5. The average Bonchev–Trinajstić information content (AvgIpc) is 2.32. The van der Waals surface area contributed by atoms with Crippen molar-refractivity contribution in [1.82, 2.24) is 0 Å². The molecule has 0 aliphatic rings. The molecule has 0 aliphatic heterocycles. The Morgan fingerprint density at radius 2 is 1.80 bits per heavy atom. The molecule has 1 unspecified atom stereocenters. The Morgan fingerprint density at radius 3 is 2.20 bits per heavy atom. The van der Waals surface area contributed by atoms with Crippen molar-refractivity contribution in [2.24, 2.45) is 0 Å². The Morgan fingerprint density at radius 1 is 1.25 bits per heavy atom. The smallest absolute Gasteiger partial charge is 0.268 e. The molecular weight excluding hydrogens is 274 g/mol. The second-order valence-corrected chi connectivity index (χ2v) is 7.79. The summed E-state index contributed by atoms with van der Waals surface area (Å²) in [6, 6.07) is 7.54. The SMILES string of the molecule is C=Cc1ccc(CC(CC[N+](C)(C)C)S(=O)(=O)O)cc1. The fourth-order valence-electron chi connectivity index (χ4n) is 1.94. The van der Waals surface area contributed by atoms with Gasteiger partial charge in [-0.3, -0.25) is 4.55 Å². The van der Waals surface area contributed by atoms with E-state index in [0.717, 1.165) is 11.1 Å². The lowest BCUT2D eigenvalue weighted by molar-refractivity contribution is -0.870. The fourth-order valence-corrected chi connectivity index (χ4v) is 2.75. The van der Waals surface area contributed by atoms with Gasteiger partial charge in [0.2, 0.25) is 0 Å². The molecule has 0 amide bonds. The Hall–Kier alpha value is -1.17. The number of rotatable bonds is 7. The van der Waals surface area contributed by atoms with Crippen LogP contribution in [0.3, 0.4) is 0 Å². The predicted molar refractivity (Wildman–Crippen MR) is 83.1 cm³/mol. The van der Waals surface area contributed by atoms with Crippen molar-refractivity contribution in [2.45, 2.75) is 18.1 Å². The van der Waals surface area contributed by atoms with E-state index in [-0.39, 0.29) is 0 Å². The van der Waals surface area contributed by atoms with Crippen molar-refractivity contribution in [3.8, 4) is 0 Å². The van der Waals surface area contributed by atoms with E-state index in [0.29, 0.717) is 23.9 Å².